The van der Waals surface area contributed by atoms with Gasteiger partial charge in [-0.15, -0.1) is 0 Å². The normalized spacial score (nSPS) is 29.0. The number of aryl methyl sites for hydroxylation is 1. The van der Waals surface area contributed by atoms with E-state index in [4.69, 9.17) is 4.74 Å². The van der Waals surface area contributed by atoms with Crippen LogP contribution in [0, 0.1) is 30.6 Å². The Morgan fingerprint density at radius 2 is 1.68 bits per heavy atom. The van der Waals surface area contributed by atoms with Crippen LogP contribution in [0.2, 0.25) is 0 Å². The highest BCUT2D eigenvalue weighted by Gasteiger charge is 2.48. The molecular formula is C23H29Br2N3O3. The molecule has 0 heterocycles. The summed E-state index contributed by atoms with van der Waals surface area (Å²) in [5.41, 5.74) is 4.07. The number of hydrazone groups is 1. The summed E-state index contributed by atoms with van der Waals surface area (Å²) in [6.07, 6.45) is 6.69. The van der Waals surface area contributed by atoms with E-state index >= 15 is 0 Å². The maximum atomic E-state index is 12.6. The van der Waals surface area contributed by atoms with E-state index in [2.05, 4.69) is 47.7 Å². The van der Waals surface area contributed by atoms with Crippen molar-refractivity contribution in [3.63, 3.8) is 0 Å². The van der Waals surface area contributed by atoms with Gasteiger partial charge in [0.1, 0.15) is 5.75 Å². The monoisotopic (exact) mass is 553 g/mol. The first kappa shape index (κ1) is 22.8. The first-order chi connectivity index (χ1) is 14.8. The van der Waals surface area contributed by atoms with Gasteiger partial charge >= 0.3 is 0 Å². The lowest BCUT2D eigenvalue weighted by Crippen LogP contribution is -2.56. The molecule has 1 aromatic carbocycles. The summed E-state index contributed by atoms with van der Waals surface area (Å²) in [6, 6.07) is 4.06. The molecule has 0 saturated heterocycles. The molecule has 0 aromatic heterocycles. The van der Waals surface area contributed by atoms with Gasteiger partial charge in [-0.1, -0.05) is 15.9 Å². The number of carbonyl (C=O) groups is 2. The number of nitrogens with one attached hydrogen (secondary N) is 2. The number of hydrogen-bond acceptors (Lipinski definition) is 4. The molecule has 2 N–H and O–H groups in total. The number of nitrogens with zero attached hydrogens (tertiary/aromatic N) is 1. The average molecular weight is 555 g/mol. The molecule has 4 fully saturated rings. The van der Waals surface area contributed by atoms with Gasteiger partial charge in [0.2, 0.25) is 5.91 Å². The molecular weight excluding hydrogens is 526 g/mol. The van der Waals surface area contributed by atoms with Crippen molar-refractivity contribution in [2.75, 3.05) is 6.61 Å². The van der Waals surface area contributed by atoms with Crippen LogP contribution < -0.4 is 15.5 Å². The molecule has 4 bridgehead atoms. The molecule has 4 saturated carbocycles. The number of carbonyl (C=O) groups excluding carboxylic acids is 2. The van der Waals surface area contributed by atoms with Gasteiger partial charge in [0.25, 0.3) is 5.91 Å². The maximum Gasteiger partial charge on any atom is 0.277 e. The van der Waals surface area contributed by atoms with Gasteiger partial charge in [-0.2, -0.15) is 5.10 Å². The quantitative estimate of drug-likeness (QED) is 0.378. The van der Waals surface area contributed by atoms with Gasteiger partial charge in [-0.05, 0) is 103 Å². The zero-order valence-electron chi connectivity index (χ0n) is 17.9. The molecule has 1 aromatic rings. The minimum Gasteiger partial charge on any atom is -0.483 e. The number of amides is 2. The zero-order chi connectivity index (χ0) is 22.1. The highest BCUT2D eigenvalue weighted by Crippen LogP contribution is 2.53. The summed E-state index contributed by atoms with van der Waals surface area (Å²) >= 11 is 6.88. The minimum atomic E-state index is -0.367. The molecule has 0 radical (unpaired) electrons. The molecule has 0 atom stereocenters. The first-order valence-electron chi connectivity index (χ1n) is 11.0. The molecule has 168 valence electrons. The standard InChI is InChI=1S/C23H29Br2N3O3/c1-12-3-20(19(25)10-18(12)24)31-11-22(30)28-27-13(2)4-21(29)26-23-16-6-14-5-15(8-16)9-17(23)7-14/h3,10,14-17,23H,4-9,11H2,1-2H3,(H,26,29)(H,28,30)/b27-13-. The van der Waals surface area contributed by atoms with Gasteiger partial charge in [0, 0.05) is 16.2 Å². The van der Waals surface area contributed by atoms with E-state index in [1.165, 1.54) is 32.1 Å². The SMILES string of the molecule is C/C(CC(=O)NC1C2CC3CC(C2)CC1C3)=N/NC(=O)COc1cc(C)c(Br)cc1Br. The summed E-state index contributed by atoms with van der Waals surface area (Å²) in [7, 11) is 0. The van der Waals surface area contributed by atoms with E-state index in [1.54, 1.807) is 6.92 Å². The van der Waals surface area contributed by atoms with Crippen LogP contribution in [-0.2, 0) is 9.59 Å². The molecule has 4 aliphatic rings. The molecule has 2 amide bonds. The number of halogens is 2. The van der Waals surface area contributed by atoms with Crippen LogP contribution >= 0.6 is 31.9 Å². The van der Waals surface area contributed by atoms with Crippen molar-refractivity contribution in [1.82, 2.24) is 10.7 Å². The fraction of sp³-hybridized carbons (Fsp3) is 0.609. The van der Waals surface area contributed by atoms with Gasteiger partial charge in [0.15, 0.2) is 6.61 Å². The maximum absolute atomic E-state index is 12.6. The van der Waals surface area contributed by atoms with E-state index in [9.17, 15) is 9.59 Å². The number of benzene rings is 1. The van der Waals surface area contributed by atoms with Crippen LogP contribution in [0.5, 0.6) is 5.75 Å². The van der Waals surface area contributed by atoms with E-state index in [0.717, 1.165) is 26.3 Å². The number of hydrogen-bond donors (Lipinski definition) is 2. The van der Waals surface area contributed by atoms with Crippen molar-refractivity contribution in [3.8, 4) is 5.75 Å². The van der Waals surface area contributed by atoms with Crippen molar-refractivity contribution in [3.05, 3.63) is 26.6 Å². The second-order valence-corrected chi connectivity index (χ2v) is 11.1. The van der Waals surface area contributed by atoms with Crippen molar-refractivity contribution in [1.29, 1.82) is 0 Å². The van der Waals surface area contributed by atoms with Gasteiger partial charge in [-0.3, -0.25) is 9.59 Å². The Bertz CT molecular complexity index is 874. The minimum absolute atomic E-state index is 0.00140. The number of ether oxygens (including phenoxy) is 1. The van der Waals surface area contributed by atoms with Gasteiger partial charge in [-0.25, -0.2) is 5.43 Å². The topological polar surface area (TPSA) is 79.8 Å². The van der Waals surface area contributed by atoms with Gasteiger partial charge in [0.05, 0.1) is 10.9 Å². The third kappa shape index (κ3) is 5.51. The Hall–Kier alpha value is -1.41. The lowest BCUT2D eigenvalue weighted by Gasteiger charge is -2.54. The van der Waals surface area contributed by atoms with E-state index in [0.29, 0.717) is 29.3 Å². The van der Waals surface area contributed by atoms with Crippen molar-refractivity contribution < 1.29 is 14.3 Å². The van der Waals surface area contributed by atoms with Crippen molar-refractivity contribution in [2.24, 2.45) is 28.8 Å². The van der Waals surface area contributed by atoms with Crippen molar-refractivity contribution >= 4 is 49.4 Å². The summed E-state index contributed by atoms with van der Waals surface area (Å²) in [4.78, 5) is 24.6. The predicted octanol–water partition coefficient (Wildman–Crippen LogP) is 4.72. The Morgan fingerprint density at radius 1 is 1.03 bits per heavy atom. The zero-order valence-corrected chi connectivity index (χ0v) is 21.1. The summed E-state index contributed by atoms with van der Waals surface area (Å²) in [6.45, 7) is 3.55. The molecule has 8 heteroatoms. The second kappa shape index (κ2) is 9.61. The van der Waals surface area contributed by atoms with Crippen LogP contribution in [0.1, 0.15) is 51.0 Å². The molecule has 0 spiro atoms. The Labute approximate surface area is 200 Å². The third-order valence-electron chi connectivity index (χ3n) is 6.91. The van der Waals surface area contributed by atoms with E-state index in [1.807, 2.05) is 19.1 Å². The molecule has 4 aliphatic carbocycles. The molecule has 6 nitrogen and oxygen atoms in total. The second-order valence-electron chi connectivity index (χ2n) is 9.40. The predicted molar refractivity (Wildman–Crippen MR) is 127 cm³/mol. The molecule has 0 aliphatic heterocycles. The van der Waals surface area contributed by atoms with Crippen LogP contribution in [0.15, 0.2) is 26.2 Å². The fourth-order valence-electron chi connectivity index (χ4n) is 5.74. The van der Waals surface area contributed by atoms with Crippen molar-refractivity contribution in [2.45, 2.75) is 58.4 Å². The van der Waals surface area contributed by atoms with Crippen LogP contribution in [0.3, 0.4) is 0 Å². The fourth-order valence-corrected chi connectivity index (χ4v) is 6.85. The highest BCUT2D eigenvalue weighted by atomic mass is 79.9. The smallest absolute Gasteiger partial charge is 0.277 e. The Balaban J connectivity index is 1.22. The lowest BCUT2D eigenvalue weighted by molar-refractivity contribution is -0.124. The van der Waals surface area contributed by atoms with E-state index < -0.39 is 0 Å². The van der Waals surface area contributed by atoms with Crippen LogP contribution in [0.25, 0.3) is 0 Å². The molecule has 5 rings (SSSR count). The van der Waals surface area contributed by atoms with Crippen LogP contribution in [-0.4, -0.2) is 30.2 Å². The highest BCUT2D eigenvalue weighted by molar-refractivity contribution is 9.11. The Kier molecular flexibility index (Phi) is 7.06. The van der Waals surface area contributed by atoms with Gasteiger partial charge < -0.3 is 10.1 Å². The summed E-state index contributed by atoms with van der Waals surface area (Å²) < 4.78 is 7.30. The Morgan fingerprint density at radius 3 is 2.32 bits per heavy atom. The molecule has 31 heavy (non-hydrogen) atoms. The summed E-state index contributed by atoms with van der Waals surface area (Å²) in [5, 5.41) is 7.35. The summed E-state index contributed by atoms with van der Waals surface area (Å²) in [5.74, 6) is 3.29. The van der Waals surface area contributed by atoms with E-state index in [-0.39, 0.29) is 24.8 Å². The lowest BCUT2D eigenvalue weighted by atomic mass is 9.54. The largest absolute Gasteiger partial charge is 0.483 e. The number of rotatable bonds is 7. The third-order valence-corrected chi connectivity index (χ3v) is 8.39. The van der Waals surface area contributed by atoms with Crippen LogP contribution in [0.4, 0.5) is 0 Å². The first-order valence-corrected chi connectivity index (χ1v) is 12.6. The molecule has 0 unspecified atom stereocenters. The average Bonchev–Trinajstić information content (AvgIpc) is 2.70.